The van der Waals surface area contributed by atoms with Crippen molar-refractivity contribution in [2.75, 3.05) is 0 Å². The van der Waals surface area contributed by atoms with Crippen molar-refractivity contribution in [3.8, 4) is 0 Å². The molecule has 0 N–H and O–H groups in total. The van der Waals surface area contributed by atoms with Crippen LogP contribution in [0.15, 0.2) is 42.5 Å². The van der Waals surface area contributed by atoms with Gasteiger partial charge in [-0.3, -0.25) is 4.79 Å². The predicted octanol–water partition coefficient (Wildman–Crippen LogP) is 4.43. The summed E-state index contributed by atoms with van der Waals surface area (Å²) in [6.45, 7) is 5.62. The molecule has 3 heteroatoms. The van der Waals surface area contributed by atoms with Crippen LogP contribution in [0.4, 0.5) is 0 Å². The summed E-state index contributed by atoms with van der Waals surface area (Å²) in [5.41, 5.74) is 1.08. The van der Waals surface area contributed by atoms with Gasteiger partial charge in [0.15, 0.2) is 0 Å². The summed E-state index contributed by atoms with van der Waals surface area (Å²) in [6, 6.07) is 9.85. The first-order valence-corrected chi connectivity index (χ1v) is 7.98. The van der Waals surface area contributed by atoms with Crippen molar-refractivity contribution < 1.29 is 14.3 Å². The smallest absolute Gasteiger partial charge is 0.374 e. The topological polar surface area (TPSA) is 43.4 Å². The number of rotatable bonds is 9. The maximum Gasteiger partial charge on any atom is 0.374 e. The second-order valence-corrected chi connectivity index (χ2v) is 5.68. The highest BCUT2D eigenvalue weighted by Crippen LogP contribution is 2.24. The highest BCUT2D eigenvalue weighted by Gasteiger charge is 2.22. The predicted molar refractivity (Wildman–Crippen MR) is 88.7 cm³/mol. The van der Waals surface area contributed by atoms with E-state index in [-0.39, 0.29) is 18.4 Å². The van der Waals surface area contributed by atoms with E-state index in [1.165, 1.54) is 0 Å². The SMILES string of the molecule is CCC/C=C/CC(CC(=O)C(=O)OC(C)C)c1ccccc1. The molecule has 0 aliphatic heterocycles. The Morgan fingerprint density at radius 1 is 1.14 bits per heavy atom. The molecular formula is C19H26O3. The molecule has 0 amide bonds. The highest BCUT2D eigenvalue weighted by atomic mass is 16.5. The quantitative estimate of drug-likeness (QED) is 0.385. The first-order valence-electron chi connectivity index (χ1n) is 7.98. The fourth-order valence-corrected chi connectivity index (χ4v) is 2.19. The second-order valence-electron chi connectivity index (χ2n) is 5.68. The Bertz CT molecular complexity index is 489. The Hall–Kier alpha value is -1.90. The van der Waals surface area contributed by atoms with Crippen molar-refractivity contribution in [1.82, 2.24) is 0 Å². The number of ketones is 1. The molecule has 0 radical (unpaired) electrons. The standard InChI is InChI=1S/C19H26O3/c1-4-5-6-8-13-17(16-11-9-7-10-12-16)14-18(20)19(21)22-15(2)3/h6-12,15,17H,4-5,13-14H2,1-3H3/b8-6+. The third-order valence-corrected chi connectivity index (χ3v) is 3.32. The first-order chi connectivity index (χ1) is 10.5. The van der Waals surface area contributed by atoms with E-state index in [1.807, 2.05) is 30.3 Å². The number of Topliss-reactive ketones (excluding diaryl/α,β-unsaturated/α-hetero) is 1. The normalized spacial score (nSPS) is 12.5. The average Bonchev–Trinajstić information content (AvgIpc) is 2.50. The van der Waals surface area contributed by atoms with Crippen LogP contribution < -0.4 is 0 Å². The number of hydrogen-bond donors (Lipinski definition) is 0. The van der Waals surface area contributed by atoms with Gasteiger partial charge in [-0.15, -0.1) is 0 Å². The lowest BCUT2D eigenvalue weighted by Gasteiger charge is -2.15. The largest absolute Gasteiger partial charge is 0.457 e. The molecule has 0 spiro atoms. The highest BCUT2D eigenvalue weighted by molar-refractivity contribution is 6.33. The summed E-state index contributed by atoms with van der Waals surface area (Å²) in [7, 11) is 0. The molecule has 3 nitrogen and oxygen atoms in total. The molecule has 0 saturated heterocycles. The Kier molecular flexibility index (Phi) is 8.19. The number of carbonyl (C=O) groups is 2. The van der Waals surface area contributed by atoms with Gasteiger partial charge in [-0.1, -0.05) is 55.8 Å². The van der Waals surface area contributed by atoms with E-state index in [1.54, 1.807) is 13.8 Å². The molecule has 22 heavy (non-hydrogen) atoms. The van der Waals surface area contributed by atoms with Crippen molar-refractivity contribution in [3.63, 3.8) is 0 Å². The van der Waals surface area contributed by atoms with Gasteiger partial charge in [0.25, 0.3) is 0 Å². The van der Waals surface area contributed by atoms with Gasteiger partial charge >= 0.3 is 5.97 Å². The lowest BCUT2D eigenvalue weighted by molar-refractivity contribution is -0.156. The number of carbonyl (C=O) groups excluding carboxylic acids is 2. The van der Waals surface area contributed by atoms with Crippen LogP contribution in [0.25, 0.3) is 0 Å². The van der Waals surface area contributed by atoms with E-state index in [9.17, 15) is 9.59 Å². The Labute approximate surface area is 133 Å². The molecule has 0 aromatic heterocycles. The van der Waals surface area contributed by atoms with Crippen LogP contribution >= 0.6 is 0 Å². The summed E-state index contributed by atoms with van der Waals surface area (Å²) in [5, 5.41) is 0. The van der Waals surface area contributed by atoms with E-state index < -0.39 is 11.8 Å². The van der Waals surface area contributed by atoms with E-state index in [2.05, 4.69) is 19.1 Å². The van der Waals surface area contributed by atoms with E-state index in [4.69, 9.17) is 4.74 Å². The van der Waals surface area contributed by atoms with Crippen LogP contribution in [0, 0.1) is 0 Å². The molecule has 1 unspecified atom stereocenters. The van der Waals surface area contributed by atoms with Crippen molar-refractivity contribution in [1.29, 1.82) is 0 Å². The summed E-state index contributed by atoms with van der Waals surface area (Å²) >= 11 is 0. The van der Waals surface area contributed by atoms with Crippen LogP contribution in [0.2, 0.25) is 0 Å². The lowest BCUT2D eigenvalue weighted by atomic mass is 9.90. The summed E-state index contributed by atoms with van der Waals surface area (Å²) < 4.78 is 4.99. The third-order valence-electron chi connectivity index (χ3n) is 3.32. The molecule has 1 aromatic carbocycles. The van der Waals surface area contributed by atoms with Gasteiger partial charge in [-0.05, 0) is 38.2 Å². The van der Waals surface area contributed by atoms with Gasteiger partial charge in [-0.25, -0.2) is 4.79 Å². The average molecular weight is 302 g/mol. The zero-order valence-electron chi connectivity index (χ0n) is 13.7. The lowest BCUT2D eigenvalue weighted by Crippen LogP contribution is -2.22. The van der Waals surface area contributed by atoms with Crippen LogP contribution in [0.1, 0.15) is 57.9 Å². The molecule has 0 aliphatic rings. The number of unbranched alkanes of at least 4 members (excludes halogenated alkanes) is 1. The molecule has 0 saturated carbocycles. The van der Waals surface area contributed by atoms with Gasteiger partial charge < -0.3 is 4.74 Å². The number of hydrogen-bond acceptors (Lipinski definition) is 3. The second kappa shape index (κ2) is 9.93. The van der Waals surface area contributed by atoms with Crippen LogP contribution in [-0.2, 0) is 14.3 Å². The third kappa shape index (κ3) is 6.70. The van der Waals surface area contributed by atoms with Crippen molar-refractivity contribution in [3.05, 3.63) is 48.0 Å². The summed E-state index contributed by atoms with van der Waals surface area (Å²) in [6.07, 6.45) is 7.04. The van der Waals surface area contributed by atoms with Gasteiger partial charge in [0.05, 0.1) is 6.10 Å². The first kappa shape index (κ1) is 18.1. The van der Waals surface area contributed by atoms with Crippen molar-refractivity contribution >= 4 is 11.8 Å². The maximum absolute atomic E-state index is 12.1. The number of benzene rings is 1. The molecule has 0 bridgehead atoms. The minimum atomic E-state index is -0.728. The zero-order valence-corrected chi connectivity index (χ0v) is 13.7. The molecule has 1 atom stereocenters. The molecule has 1 rings (SSSR count). The van der Waals surface area contributed by atoms with E-state index in [0.717, 1.165) is 24.8 Å². The Morgan fingerprint density at radius 2 is 1.82 bits per heavy atom. The van der Waals surface area contributed by atoms with Crippen LogP contribution in [0.3, 0.4) is 0 Å². The summed E-state index contributed by atoms with van der Waals surface area (Å²) in [4.78, 5) is 23.8. The monoisotopic (exact) mass is 302 g/mol. The molecule has 0 fully saturated rings. The zero-order chi connectivity index (χ0) is 16.4. The Morgan fingerprint density at radius 3 is 2.41 bits per heavy atom. The van der Waals surface area contributed by atoms with Crippen LogP contribution in [0.5, 0.6) is 0 Å². The fourth-order valence-electron chi connectivity index (χ4n) is 2.19. The van der Waals surface area contributed by atoms with Crippen molar-refractivity contribution in [2.45, 2.75) is 58.5 Å². The summed E-state index contributed by atoms with van der Waals surface area (Å²) in [5.74, 6) is -1.17. The van der Waals surface area contributed by atoms with Gasteiger partial charge in [-0.2, -0.15) is 0 Å². The van der Waals surface area contributed by atoms with Crippen molar-refractivity contribution in [2.24, 2.45) is 0 Å². The van der Waals surface area contributed by atoms with Gasteiger partial charge in [0.2, 0.25) is 5.78 Å². The minimum absolute atomic E-state index is 0.0153. The molecule has 120 valence electrons. The maximum atomic E-state index is 12.1. The number of ether oxygens (including phenoxy) is 1. The van der Waals surface area contributed by atoms with Gasteiger partial charge in [0.1, 0.15) is 0 Å². The number of esters is 1. The molecular weight excluding hydrogens is 276 g/mol. The molecule has 0 aliphatic carbocycles. The minimum Gasteiger partial charge on any atom is -0.457 e. The number of allylic oxidation sites excluding steroid dienone is 2. The van der Waals surface area contributed by atoms with Crippen LogP contribution in [-0.4, -0.2) is 17.9 Å². The van der Waals surface area contributed by atoms with E-state index in [0.29, 0.717) is 0 Å². The molecule has 1 aromatic rings. The fraction of sp³-hybridized carbons (Fsp3) is 0.474. The Balaban J connectivity index is 2.73. The molecule has 0 heterocycles. The van der Waals surface area contributed by atoms with Gasteiger partial charge in [0, 0.05) is 6.42 Å². The van der Waals surface area contributed by atoms with E-state index >= 15 is 0 Å².